The first-order valence-corrected chi connectivity index (χ1v) is 7.55. The number of rotatable bonds is 5. The first-order chi connectivity index (χ1) is 9.78. The highest BCUT2D eigenvalue weighted by Crippen LogP contribution is 2.28. The van der Waals surface area contributed by atoms with E-state index in [-0.39, 0.29) is 12.0 Å². The fraction of sp³-hybridized carbons (Fsp3) is 0.615. The van der Waals surface area contributed by atoms with Crippen LogP contribution in [0.15, 0.2) is 5.51 Å². The van der Waals surface area contributed by atoms with E-state index in [1.54, 1.807) is 10.2 Å². The van der Waals surface area contributed by atoms with E-state index in [4.69, 9.17) is 0 Å². The lowest BCUT2D eigenvalue weighted by atomic mass is 9.84. The van der Waals surface area contributed by atoms with Crippen LogP contribution in [0.25, 0.3) is 10.7 Å². The summed E-state index contributed by atoms with van der Waals surface area (Å²) in [6, 6.07) is 0. The van der Waals surface area contributed by atoms with Gasteiger partial charge in [0.25, 0.3) is 0 Å². The van der Waals surface area contributed by atoms with Crippen LogP contribution in [0.5, 0.6) is 0 Å². The van der Waals surface area contributed by atoms with Gasteiger partial charge in [-0.1, -0.05) is 20.8 Å². The number of aryl methyl sites for hydroxylation is 1. The zero-order valence-corrected chi connectivity index (χ0v) is 13.4. The molecule has 1 unspecified atom stereocenters. The van der Waals surface area contributed by atoms with E-state index in [0.29, 0.717) is 12.2 Å². The highest BCUT2D eigenvalue weighted by atomic mass is 32.1. The van der Waals surface area contributed by atoms with E-state index in [9.17, 15) is 9.90 Å². The standard InChI is InChI=1S/C13H19N5O2S/c1-8-10(21-7-14-8)11-15-16-17-18(11)6-9(12(19)20)5-13(2,3)4/h7,9H,5-6H2,1-4H3,(H,19,20). The van der Waals surface area contributed by atoms with Crippen molar-refractivity contribution in [2.75, 3.05) is 0 Å². The molecule has 0 aliphatic rings. The van der Waals surface area contributed by atoms with E-state index in [0.717, 1.165) is 10.6 Å². The van der Waals surface area contributed by atoms with Gasteiger partial charge >= 0.3 is 5.97 Å². The number of carbonyl (C=O) groups is 1. The molecule has 1 N–H and O–H groups in total. The van der Waals surface area contributed by atoms with Gasteiger partial charge in [-0.3, -0.25) is 4.79 Å². The van der Waals surface area contributed by atoms with Gasteiger partial charge in [0.1, 0.15) is 0 Å². The second-order valence-corrected chi connectivity index (χ2v) is 7.11. The van der Waals surface area contributed by atoms with Crippen LogP contribution in [-0.4, -0.2) is 36.3 Å². The SMILES string of the molecule is Cc1ncsc1-c1nnnn1CC(CC(C)(C)C)C(=O)O. The minimum absolute atomic E-state index is 0.0718. The van der Waals surface area contributed by atoms with E-state index in [2.05, 4.69) is 20.5 Å². The molecule has 2 heterocycles. The molecular weight excluding hydrogens is 290 g/mol. The van der Waals surface area contributed by atoms with Gasteiger partial charge in [0.15, 0.2) is 5.82 Å². The average molecular weight is 309 g/mol. The van der Waals surface area contributed by atoms with Crippen molar-refractivity contribution in [1.29, 1.82) is 0 Å². The summed E-state index contributed by atoms with van der Waals surface area (Å²) in [4.78, 5) is 16.5. The maximum absolute atomic E-state index is 11.5. The monoisotopic (exact) mass is 309 g/mol. The van der Waals surface area contributed by atoms with Gasteiger partial charge in [0.05, 0.1) is 28.5 Å². The van der Waals surface area contributed by atoms with E-state index in [1.165, 1.54) is 11.3 Å². The van der Waals surface area contributed by atoms with Crippen LogP contribution in [0.2, 0.25) is 0 Å². The maximum atomic E-state index is 11.5. The Hall–Kier alpha value is -1.83. The molecule has 7 nitrogen and oxygen atoms in total. The van der Waals surface area contributed by atoms with Gasteiger partial charge in [-0.05, 0) is 29.2 Å². The molecule has 0 saturated heterocycles. The maximum Gasteiger partial charge on any atom is 0.308 e. The summed E-state index contributed by atoms with van der Waals surface area (Å²) < 4.78 is 1.56. The minimum atomic E-state index is -0.826. The number of nitrogens with zero attached hydrogens (tertiary/aromatic N) is 5. The number of thiazole rings is 1. The molecule has 0 saturated carbocycles. The predicted octanol–water partition coefficient (Wildman–Crippen LogP) is 2.24. The zero-order valence-electron chi connectivity index (χ0n) is 12.6. The molecule has 0 aliphatic heterocycles. The molecule has 8 heteroatoms. The summed E-state index contributed by atoms with van der Waals surface area (Å²) in [5, 5.41) is 21.0. The van der Waals surface area contributed by atoms with Crippen molar-refractivity contribution in [3.8, 4) is 10.7 Å². The Balaban J connectivity index is 2.25. The zero-order chi connectivity index (χ0) is 15.6. The molecule has 2 rings (SSSR count). The summed E-state index contributed by atoms with van der Waals surface area (Å²) in [5.74, 6) is -0.775. The Morgan fingerprint density at radius 1 is 1.48 bits per heavy atom. The van der Waals surface area contributed by atoms with E-state index in [1.807, 2.05) is 27.7 Å². The van der Waals surface area contributed by atoms with Gasteiger partial charge in [-0.2, -0.15) is 0 Å². The first kappa shape index (κ1) is 15.6. The predicted molar refractivity (Wildman–Crippen MR) is 78.9 cm³/mol. The Kier molecular flexibility index (Phi) is 4.36. The molecule has 0 radical (unpaired) electrons. The number of hydrogen-bond donors (Lipinski definition) is 1. The average Bonchev–Trinajstić information content (AvgIpc) is 2.95. The molecule has 1 atom stereocenters. The summed E-state index contributed by atoms with van der Waals surface area (Å²) in [5.41, 5.74) is 2.50. The van der Waals surface area contributed by atoms with Crippen LogP contribution in [0, 0.1) is 18.3 Å². The topological polar surface area (TPSA) is 93.8 Å². The number of aromatic nitrogens is 5. The number of aliphatic carboxylic acids is 1. The highest BCUT2D eigenvalue weighted by molar-refractivity contribution is 7.13. The molecule has 114 valence electrons. The molecule has 0 amide bonds. The van der Waals surface area contributed by atoms with Gasteiger partial charge in [0, 0.05) is 0 Å². The Morgan fingerprint density at radius 3 is 2.71 bits per heavy atom. The summed E-state index contributed by atoms with van der Waals surface area (Å²) in [6.45, 7) is 8.21. The number of carboxylic acid groups (broad SMARTS) is 1. The Morgan fingerprint density at radius 2 is 2.19 bits per heavy atom. The smallest absolute Gasteiger partial charge is 0.308 e. The lowest BCUT2D eigenvalue weighted by Crippen LogP contribution is -2.26. The van der Waals surface area contributed by atoms with E-state index < -0.39 is 11.9 Å². The third-order valence-electron chi connectivity index (χ3n) is 3.08. The Labute approximate surface area is 127 Å². The lowest BCUT2D eigenvalue weighted by Gasteiger charge is -2.23. The van der Waals surface area contributed by atoms with Gasteiger partial charge in [0.2, 0.25) is 0 Å². The molecule has 2 aromatic rings. The van der Waals surface area contributed by atoms with Crippen LogP contribution in [0.3, 0.4) is 0 Å². The molecule has 0 spiro atoms. The van der Waals surface area contributed by atoms with Crippen LogP contribution >= 0.6 is 11.3 Å². The van der Waals surface area contributed by atoms with Crippen molar-refractivity contribution < 1.29 is 9.90 Å². The largest absolute Gasteiger partial charge is 0.481 e. The van der Waals surface area contributed by atoms with E-state index >= 15 is 0 Å². The van der Waals surface area contributed by atoms with Crippen molar-refractivity contribution in [2.24, 2.45) is 11.3 Å². The molecular formula is C13H19N5O2S. The highest BCUT2D eigenvalue weighted by Gasteiger charge is 2.27. The summed E-state index contributed by atoms with van der Waals surface area (Å²) >= 11 is 1.45. The van der Waals surface area contributed by atoms with Gasteiger partial charge in [-0.25, -0.2) is 9.67 Å². The number of carboxylic acids is 1. The normalized spacial score (nSPS) is 13.3. The third kappa shape index (κ3) is 3.84. The van der Waals surface area contributed by atoms with Crippen molar-refractivity contribution in [3.63, 3.8) is 0 Å². The summed E-state index contributed by atoms with van der Waals surface area (Å²) in [6.07, 6.45) is 0.559. The minimum Gasteiger partial charge on any atom is -0.481 e. The third-order valence-corrected chi connectivity index (χ3v) is 4.01. The van der Waals surface area contributed by atoms with Crippen LogP contribution in [0.1, 0.15) is 32.9 Å². The summed E-state index contributed by atoms with van der Waals surface area (Å²) in [7, 11) is 0. The van der Waals surface area contributed by atoms with Crippen molar-refractivity contribution in [3.05, 3.63) is 11.2 Å². The lowest BCUT2D eigenvalue weighted by molar-refractivity contribution is -0.143. The van der Waals surface area contributed by atoms with Crippen LogP contribution < -0.4 is 0 Å². The van der Waals surface area contributed by atoms with Gasteiger partial charge < -0.3 is 5.11 Å². The van der Waals surface area contributed by atoms with Crippen molar-refractivity contribution in [2.45, 2.75) is 40.7 Å². The van der Waals surface area contributed by atoms with Crippen LogP contribution in [0.4, 0.5) is 0 Å². The second kappa shape index (κ2) is 5.88. The first-order valence-electron chi connectivity index (χ1n) is 6.67. The molecule has 2 aromatic heterocycles. The Bertz CT molecular complexity index is 629. The quantitative estimate of drug-likeness (QED) is 0.910. The van der Waals surface area contributed by atoms with Crippen molar-refractivity contribution in [1.82, 2.24) is 25.2 Å². The number of hydrogen-bond acceptors (Lipinski definition) is 6. The second-order valence-electron chi connectivity index (χ2n) is 6.25. The molecule has 21 heavy (non-hydrogen) atoms. The van der Waals surface area contributed by atoms with Crippen molar-refractivity contribution >= 4 is 17.3 Å². The molecule has 0 aliphatic carbocycles. The fourth-order valence-electron chi connectivity index (χ4n) is 2.18. The number of tetrazole rings is 1. The molecule has 0 fully saturated rings. The molecule has 0 aromatic carbocycles. The fourth-order valence-corrected chi connectivity index (χ4v) is 2.98. The van der Waals surface area contributed by atoms with Gasteiger partial charge in [-0.15, -0.1) is 16.4 Å². The van der Waals surface area contributed by atoms with Crippen LogP contribution in [-0.2, 0) is 11.3 Å². The molecule has 0 bridgehead atoms.